The summed E-state index contributed by atoms with van der Waals surface area (Å²) in [5.41, 5.74) is 5.74. The number of amides is 2. The smallest absolute Gasteiger partial charge is 0.339 e. The fourth-order valence-corrected chi connectivity index (χ4v) is 4.08. The van der Waals surface area contributed by atoms with E-state index in [9.17, 15) is 4.79 Å². The number of nitrogens with one attached hydrogen (secondary N) is 2. The van der Waals surface area contributed by atoms with E-state index >= 15 is 0 Å². The van der Waals surface area contributed by atoms with Crippen LogP contribution in [0, 0.1) is 6.92 Å². The van der Waals surface area contributed by atoms with E-state index in [0.717, 1.165) is 31.9 Å². The number of aryl methyl sites for hydroxylation is 1. The molecule has 0 aliphatic heterocycles. The number of nitrogens with zero attached hydrogens (tertiary/aromatic N) is 1. The predicted octanol–water partition coefficient (Wildman–Crippen LogP) is 7.95. The summed E-state index contributed by atoms with van der Waals surface area (Å²) in [6, 6.07) is 22.1. The van der Waals surface area contributed by atoms with Gasteiger partial charge in [-0.25, -0.2) is 10.2 Å². The van der Waals surface area contributed by atoms with Gasteiger partial charge in [0.05, 0.1) is 6.21 Å². The Labute approximate surface area is 215 Å². The molecule has 4 rings (SSSR count). The van der Waals surface area contributed by atoms with E-state index in [2.05, 4.69) is 31.8 Å². The first-order valence-electron chi connectivity index (χ1n) is 10.4. The maximum absolute atomic E-state index is 12.3. The first-order chi connectivity index (χ1) is 16.4. The van der Waals surface area contributed by atoms with Crippen molar-refractivity contribution in [2.75, 3.05) is 5.32 Å². The number of hydrogen-bond donors (Lipinski definition) is 2. The monoisotopic (exact) mass is 555 g/mol. The van der Waals surface area contributed by atoms with Gasteiger partial charge in [0, 0.05) is 31.3 Å². The minimum Gasteiger partial charge on any atom is -0.488 e. The highest BCUT2D eigenvalue weighted by Gasteiger charge is 2.10. The molecule has 0 fully saturated rings. The molecule has 0 atom stereocenters. The third kappa shape index (κ3) is 5.89. The predicted molar refractivity (Wildman–Crippen MR) is 143 cm³/mol. The number of carbonyl (C=O) groups is 1. The number of ether oxygens (including phenoxy) is 1. The summed E-state index contributed by atoms with van der Waals surface area (Å²) in [5.74, 6) is 0.610. The van der Waals surface area contributed by atoms with Gasteiger partial charge in [0.2, 0.25) is 0 Å². The van der Waals surface area contributed by atoms with E-state index < -0.39 is 6.03 Å². The molecule has 4 aromatic carbocycles. The molecular weight excluding hydrogens is 537 g/mol. The molecule has 0 unspecified atom stereocenters. The van der Waals surface area contributed by atoms with Gasteiger partial charge < -0.3 is 10.1 Å². The Bertz CT molecular complexity index is 1390. The molecule has 0 spiro atoms. The van der Waals surface area contributed by atoms with Crippen molar-refractivity contribution in [3.63, 3.8) is 0 Å². The van der Waals surface area contributed by atoms with Crippen LogP contribution in [0.4, 0.5) is 10.5 Å². The third-order valence-corrected chi connectivity index (χ3v) is 6.58. The number of rotatable bonds is 6. The summed E-state index contributed by atoms with van der Waals surface area (Å²) in [6.45, 7) is 2.20. The maximum atomic E-state index is 12.3. The van der Waals surface area contributed by atoms with Crippen molar-refractivity contribution < 1.29 is 9.53 Å². The van der Waals surface area contributed by atoms with E-state index in [-0.39, 0.29) is 6.61 Å². The van der Waals surface area contributed by atoms with Crippen molar-refractivity contribution >= 4 is 67.8 Å². The van der Waals surface area contributed by atoms with Crippen LogP contribution < -0.4 is 15.5 Å². The van der Waals surface area contributed by atoms with Crippen molar-refractivity contribution in [2.45, 2.75) is 13.5 Å². The summed E-state index contributed by atoms with van der Waals surface area (Å²) in [4.78, 5) is 12.3. The summed E-state index contributed by atoms with van der Waals surface area (Å²) < 4.78 is 7.05. The van der Waals surface area contributed by atoms with Crippen molar-refractivity contribution in [1.82, 2.24) is 5.43 Å². The van der Waals surface area contributed by atoms with Crippen LogP contribution in [-0.2, 0) is 6.61 Å². The quantitative estimate of drug-likeness (QED) is 0.187. The van der Waals surface area contributed by atoms with Gasteiger partial charge in [-0.05, 0) is 59.7 Å². The molecule has 0 heterocycles. The Hall–Kier alpha value is -3.06. The lowest BCUT2D eigenvalue weighted by molar-refractivity contribution is 0.252. The zero-order valence-electron chi connectivity index (χ0n) is 18.1. The largest absolute Gasteiger partial charge is 0.488 e. The van der Waals surface area contributed by atoms with Gasteiger partial charge in [-0.1, -0.05) is 75.5 Å². The molecule has 34 heavy (non-hydrogen) atoms. The summed E-state index contributed by atoms with van der Waals surface area (Å²) in [7, 11) is 0. The van der Waals surface area contributed by atoms with Gasteiger partial charge in [-0.15, -0.1) is 0 Å². The average Bonchev–Trinajstić information content (AvgIpc) is 2.81. The summed E-state index contributed by atoms with van der Waals surface area (Å²) in [6.07, 6.45) is 1.58. The highest BCUT2D eigenvalue weighted by Crippen LogP contribution is 2.29. The zero-order chi connectivity index (χ0) is 24.1. The molecule has 0 aliphatic carbocycles. The molecule has 172 valence electrons. The van der Waals surface area contributed by atoms with E-state index in [1.165, 1.54) is 0 Å². The van der Waals surface area contributed by atoms with Gasteiger partial charge in [0.25, 0.3) is 0 Å². The van der Waals surface area contributed by atoms with Gasteiger partial charge >= 0.3 is 6.03 Å². The minimum atomic E-state index is -0.450. The summed E-state index contributed by atoms with van der Waals surface area (Å²) >= 11 is 15.7. The molecule has 0 aromatic heterocycles. The van der Waals surface area contributed by atoms with Crippen LogP contribution >= 0.6 is 39.1 Å². The lowest BCUT2D eigenvalue weighted by atomic mass is 10.0. The Balaban J connectivity index is 1.53. The molecule has 0 bridgehead atoms. The van der Waals surface area contributed by atoms with Crippen LogP contribution in [0.3, 0.4) is 0 Å². The number of hydrogen-bond acceptors (Lipinski definition) is 3. The van der Waals surface area contributed by atoms with Crippen LogP contribution in [0.15, 0.2) is 82.4 Å². The number of carbonyl (C=O) groups excluding carboxylic acids is 1. The average molecular weight is 557 g/mol. The summed E-state index contributed by atoms with van der Waals surface area (Å²) in [5, 5.41) is 9.98. The van der Waals surface area contributed by atoms with Crippen molar-refractivity contribution in [2.24, 2.45) is 5.10 Å². The third-order valence-electron chi connectivity index (χ3n) is 5.10. The first-order valence-corrected chi connectivity index (χ1v) is 11.9. The SMILES string of the molecule is Cc1cc(NC(=O)N/N=C/c2c(OCc3ccc(Cl)cc3Cl)ccc3ccccc23)ccc1Br. The highest BCUT2D eigenvalue weighted by molar-refractivity contribution is 9.10. The van der Waals surface area contributed by atoms with Crippen LogP contribution in [-0.4, -0.2) is 12.2 Å². The van der Waals surface area contributed by atoms with E-state index in [0.29, 0.717) is 21.5 Å². The molecule has 5 nitrogen and oxygen atoms in total. The standard InChI is InChI=1S/C26H20BrCl2N3O2/c1-16-12-20(9-10-23(16)27)31-26(33)32-30-14-22-21-5-3-2-4-17(21)7-11-25(22)34-15-18-6-8-19(28)13-24(18)29/h2-14H,15H2,1H3,(H2,31,32,33)/b30-14+. The molecule has 0 saturated carbocycles. The zero-order valence-corrected chi connectivity index (χ0v) is 21.2. The molecular formula is C26H20BrCl2N3O2. The van der Waals surface area contributed by atoms with E-state index in [1.807, 2.05) is 61.5 Å². The van der Waals surface area contributed by atoms with Crippen LogP contribution in [0.2, 0.25) is 10.0 Å². The van der Waals surface area contributed by atoms with Crippen LogP contribution in [0.25, 0.3) is 10.8 Å². The molecule has 0 saturated heterocycles. The number of hydrazone groups is 1. The van der Waals surface area contributed by atoms with Crippen molar-refractivity contribution in [3.05, 3.63) is 104 Å². The number of anilines is 1. The maximum Gasteiger partial charge on any atom is 0.339 e. The van der Waals surface area contributed by atoms with E-state index in [4.69, 9.17) is 27.9 Å². The van der Waals surface area contributed by atoms with Gasteiger partial charge in [0.15, 0.2) is 0 Å². The molecule has 0 radical (unpaired) electrons. The Kier molecular flexibility index (Phi) is 7.73. The second kappa shape index (κ2) is 10.9. The minimum absolute atomic E-state index is 0.256. The van der Waals surface area contributed by atoms with E-state index in [1.54, 1.807) is 24.4 Å². The van der Waals surface area contributed by atoms with Gasteiger partial charge in [-0.2, -0.15) is 5.10 Å². The second-order valence-corrected chi connectivity index (χ2v) is 9.21. The number of benzene rings is 4. The lowest BCUT2D eigenvalue weighted by Crippen LogP contribution is -2.24. The van der Waals surface area contributed by atoms with Crippen LogP contribution in [0.1, 0.15) is 16.7 Å². The molecule has 2 N–H and O–H groups in total. The molecule has 8 heteroatoms. The molecule has 4 aromatic rings. The Morgan fingerprint density at radius 2 is 1.88 bits per heavy atom. The number of halogens is 3. The molecule has 0 aliphatic rings. The fourth-order valence-electron chi connectivity index (χ4n) is 3.37. The highest BCUT2D eigenvalue weighted by atomic mass is 79.9. The fraction of sp³-hybridized carbons (Fsp3) is 0.0769. The molecule has 2 amide bonds. The second-order valence-electron chi connectivity index (χ2n) is 7.51. The lowest BCUT2D eigenvalue weighted by Gasteiger charge is -2.13. The first kappa shape index (κ1) is 24.1. The number of fused-ring (bicyclic) bond motifs is 1. The van der Waals surface area contributed by atoms with Crippen LogP contribution in [0.5, 0.6) is 5.75 Å². The van der Waals surface area contributed by atoms with Gasteiger partial charge in [-0.3, -0.25) is 0 Å². The van der Waals surface area contributed by atoms with Crippen molar-refractivity contribution in [1.29, 1.82) is 0 Å². The van der Waals surface area contributed by atoms with Gasteiger partial charge in [0.1, 0.15) is 12.4 Å². The Morgan fingerprint density at radius 1 is 1.06 bits per heavy atom. The number of urea groups is 1. The van der Waals surface area contributed by atoms with Crippen molar-refractivity contribution in [3.8, 4) is 5.75 Å². The topological polar surface area (TPSA) is 62.7 Å². The Morgan fingerprint density at radius 3 is 2.68 bits per heavy atom. The normalized spacial score (nSPS) is 11.1.